The van der Waals surface area contributed by atoms with E-state index in [-0.39, 0.29) is 42.0 Å². The summed E-state index contributed by atoms with van der Waals surface area (Å²) in [5, 5.41) is 6.31. The number of rotatable bonds is 5. The van der Waals surface area contributed by atoms with Crippen molar-refractivity contribution in [3.05, 3.63) is 89.7 Å². The zero-order valence-corrected chi connectivity index (χ0v) is 19.2. The van der Waals surface area contributed by atoms with E-state index in [9.17, 15) is 19.2 Å². The molecule has 1 aliphatic rings. The molecule has 0 saturated heterocycles. The lowest BCUT2D eigenvalue weighted by Crippen LogP contribution is -2.43. The Morgan fingerprint density at radius 3 is 2.56 bits per heavy atom. The zero-order chi connectivity index (χ0) is 25.2. The van der Waals surface area contributed by atoms with E-state index in [2.05, 4.69) is 10.6 Å². The number of amides is 3. The number of esters is 1. The van der Waals surface area contributed by atoms with Crippen molar-refractivity contribution < 1.29 is 28.3 Å². The fraction of sp³-hybridized carbons (Fsp3) is 0.111. The van der Waals surface area contributed by atoms with Crippen molar-refractivity contribution >= 4 is 51.7 Å². The Labute approximate surface area is 205 Å². The zero-order valence-electron chi connectivity index (χ0n) is 19.2. The SMILES string of the molecule is COC(=O)c1ccc2c(c1)NC(=O)CN2C(=O)Cc1ccc(NC(=O)c2cc3ccccc3o2)cc1. The minimum absolute atomic E-state index is 0.0449. The minimum atomic E-state index is -0.539. The van der Waals surface area contributed by atoms with Gasteiger partial charge in [-0.1, -0.05) is 30.3 Å². The Morgan fingerprint density at radius 2 is 1.81 bits per heavy atom. The van der Waals surface area contributed by atoms with Crippen molar-refractivity contribution in [2.24, 2.45) is 0 Å². The Kier molecular flexibility index (Phi) is 5.95. The standard InChI is InChI=1S/C27H21N3O6/c1-35-27(34)18-8-11-21-20(13-18)29-24(31)15-30(21)25(32)12-16-6-9-19(10-7-16)28-26(33)23-14-17-4-2-3-5-22(17)36-23/h2-11,13-14H,12,15H2,1H3,(H,28,33)(H,29,31). The third-order valence-corrected chi connectivity index (χ3v) is 5.80. The molecule has 1 aliphatic heterocycles. The molecule has 9 heteroatoms. The number of nitrogens with one attached hydrogen (secondary N) is 2. The van der Waals surface area contributed by atoms with Gasteiger partial charge in [-0.3, -0.25) is 14.4 Å². The molecule has 0 unspecified atom stereocenters. The van der Waals surface area contributed by atoms with Gasteiger partial charge in [0.25, 0.3) is 5.91 Å². The second-order valence-corrected chi connectivity index (χ2v) is 8.23. The van der Waals surface area contributed by atoms with E-state index in [0.717, 1.165) is 5.39 Å². The molecular formula is C27H21N3O6. The maximum atomic E-state index is 13.1. The van der Waals surface area contributed by atoms with Crippen molar-refractivity contribution in [2.45, 2.75) is 6.42 Å². The van der Waals surface area contributed by atoms with Gasteiger partial charge in [0.15, 0.2) is 5.76 Å². The number of fused-ring (bicyclic) bond motifs is 2. The highest BCUT2D eigenvalue weighted by Crippen LogP contribution is 2.31. The molecule has 0 aliphatic carbocycles. The second-order valence-electron chi connectivity index (χ2n) is 8.23. The third kappa shape index (κ3) is 4.54. The van der Waals surface area contributed by atoms with E-state index in [1.807, 2.05) is 18.2 Å². The van der Waals surface area contributed by atoms with Crippen LogP contribution in [0.25, 0.3) is 11.0 Å². The normalized spacial score (nSPS) is 12.6. The average molecular weight is 483 g/mol. The van der Waals surface area contributed by atoms with Crippen LogP contribution in [0.15, 0.2) is 77.2 Å². The predicted molar refractivity (Wildman–Crippen MR) is 133 cm³/mol. The highest BCUT2D eigenvalue weighted by molar-refractivity contribution is 6.11. The van der Waals surface area contributed by atoms with Gasteiger partial charge in [0.2, 0.25) is 11.8 Å². The van der Waals surface area contributed by atoms with Crippen LogP contribution in [0.4, 0.5) is 17.1 Å². The van der Waals surface area contributed by atoms with Crippen LogP contribution in [-0.4, -0.2) is 37.3 Å². The Balaban J connectivity index is 1.27. The van der Waals surface area contributed by atoms with Crippen LogP contribution in [0.5, 0.6) is 0 Å². The molecule has 0 spiro atoms. The Hall–Kier alpha value is -4.92. The fourth-order valence-electron chi connectivity index (χ4n) is 4.02. The highest BCUT2D eigenvalue weighted by Gasteiger charge is 2.28. The molecular weight excluding hydrogens is 462 g/mol. The van der Waals surface area contributed by atoms with Crippen LogP contribution >= 0.6 is 0 Å². The third-order valence-electron chi connectivity index (χ3n) is 5.80. The summed E-state index contributed by atoms with van der Waals surface area (Å²) in [6.45, 7) is -0.130. The van der Waals surface area contributed by atoms with Gasteiger partial charge in [0.1, 0.15) is 12.1 Å². The van der Waals surface area contributed by atoms with Gasteiger partial charge in [-0.2, -0.15) is 0 Å². The van der Waals surface area contributed by atoms with E-state index in [4.69, 9.17) is 9.15 Å². The predicted octanol–water partition coefficient (Wildman–Crippen LogP) is 4.00. The Bertz CT molecular complexity index is 1470. The number of furan rings is 1. The molecule has 5 rings (SSSR count). The summed E-state index contributed by atoms with van der Waals surface area (Å²) in [6, 6.07) is 20.5. The van der Waals surface area contributed by atoms with Crippen molar-refractivity contribution in [2.75, 3.05) is 29.2 Å². The summed E-state index contributed by atoms with van der Waals surface area (Å²) < 4.78 is 10.3. The topological polar surface area (TPSA) is 118 Å². The monoisotopic (exact) mass is 483 g/mol. The maximum Gasteiger partial charge on any atom is 0.337 e. The van der Waals surface area contributed by atoms with E-state index in [1.165, 1.54) is 18.1 Å². The number of carbonyl (C=O) groups excluding carboxylic acids is 4. The first-order valence-corrected chi connectivity index (χ1v) is 11.1. The van der Waals surface area contributed by atoms with Gasteiger partial charge >= 0.3 is 5.97 Å². The first-order valence-electron chi connectivity index (χ1n) is 11.1. The first kappa shape index (κ1) is 22.9. The number of para-hydroxylation sites is 1. The van der Waals surface area contributed by atoms with Gasteiger partial charge in [-0.25, -0.2) is 4.79 Å². The summed E-state index contributed by atoms with van der Waals surface area (Å²) in [5.41, 5.74) is 3.03. The molecule has 1 aromatic heterocycles. The van der Waals surface area contributed by atoms with Gasteiger partial charge in [0.05, 0.1) is 30.5 Å². The summed E-state index contributed by atoms with van der Waals surface area (Å²) in [6.07, 6.45) is 0.0449. The van der Waals surface area contributed by atoms with Crippen molar-refractivity contribution in [3.8, 4) is 0 Å². The molecule has 3 amide bonds. The lowest BCUT2D eigenvalue weighted by molar-refractivity contribution is -0.121. The molecule has 0 saturated carbocycles. The lowest BCUT2D eigenvalue weighted by Gasteiger charge is -2.29. The molecule has 180 valence electrons. The van der Waals surface area contributed by atoms with Crippen LogP contribution < -0.4 is 15.5 Å². The van der Waals surface area contributed by atoms with E-state index in [1.54, 1.807) is 48.5 Å². The Morgan fingerprint density at radius 1 is 1.03 bits per heavy atom. The van der Waals surface area contributed by atoms with Crippen LogP contribution in [0.1, 0.15) is 26.5 Å². The molecule has 3 aromatic carbocycles. The number of methoxy groups -OCH3 is 1. The van der Waals surface area contributed by atoms with Crippen LogP contribution in [0.2, 0.25) is 0 Å². The van der Waals surface area contributed by atoms with E-state index < -0.39 is 5.97 Å². The molecule has 2 heterocycles. The highest BCUT2D eigenvalue weighted by atomic mass is 16.5. The molecule has 0 atom stereocenters. The number of hydrogen-bond donors (Lipinski definition) is 2. The summed E-state index contributed by atoms with van der Waals surface area (Å²) in [4.78, 5) is 51.0. The maximum absolute atomic E-state index is 13.1. The molecule has 2 N–H and O–H groups in total. The summed E-state index contributed by atoms with van der Waals surface area (Å²) in [5.74, 6) is -1.36. The molecule has 0 fully saturated rings. The van der Waals surface area contributed by atoms with Crippen molar-refractivity contribution in [1.82, 2.24) is 0 Å². The second kappa shape index (κ2) is 9.38. The van der Waals surface area contributed by atoms with Crippen molar-refractivity contribution in [1.29, 1.82) is 0 Å². The number of ether oxygens (including phenoxy) is 1. The largest absolute Gasteiger partial charge is 0.465 e. The van der Waals surface area contributed by atoms with Gasteiger partial charge < -0.3 is 24.7 Å². The minimum Gasteiger partial charge on any atom is -0.465 e. The number of hydrogen-bond acceptors (Lipinski definition) is 6. The summed E-state index contributed by atoms with van der Waals surface area (Å²) in [7, 11) is 1.27. The first-order chi connectivity index (χ1) is 17.4. The fourth-order valence-corrected chi connectivity index (χ4v) is 4.02. The van der Waals surface area contributed by atoms with Crippen molar-refractivity contribution in [3.63, 3.8) is 0 Å². The number of anilines is 3. The number of benzene rings is 3. The van der Waals surface area contributed by atoms with Gasteiger partial charge in [-0.15, -0.1) is 0 Å². The number of nitrogens with zero attached hydrogens (tertiary/aromatic N) is 1. The smallest absolute Gasteiger partial charge is 0.337 e. The lowest BCUT2D eigenvalue weighted by atomic mass is 10.1. The van der Waals surface area contributed by atoms with Gasteiger partial charge in [-0.05, 0) is 48.0 Å². The van der Waals surface area contributed by atoms with E-state index in [0.29, 0.717) is 28.2 Å². The number of carbonyl (C=O) groups is 4. The van der Waals surface area contributed by atoms with Crippen LogP contribution in [-0.2, 0) is 20.7 Å². The van der Waals surface area contributed by atoms with Gasteiger partial charge in [0, 0.05) is 11.1 Å². The quantitative estimate of drug-likeness (QED) is 0.415. The molecule has 4 aromatic rings. The molecule has 9 nitrogen and oxygen atoms in total. The van der Waals surface area contributed by atoms with Crippen LogP contribution in [0.3, 0.4) is 0 Å². The summed E-state index contributed by atoms with van der Waals surface area (Å²) >= 11 is 0. The molecule has 36 heavy (non-hydrogen) atoms. The average Bonchev–Trinajstić information content (AvgIpc) is 3.33. The van der Waals surface area contributed by atoms with Crippen LogP contribution in [0, 0.1) is 0 Å². The van der Waals surface area contributed by atoms with E-state index >= 15 is 0 Å². The molecule has 0 bridgehead atoms. The molecule has 0 radical (unpaired) electrons.